The van der Waals surface area contributed by atoms with Crippen LogP contribution in [0.3, 0.4) is 0 Å². The third-order valence-electron chi connectivity index (χ3n) is 2.61. The number of nitrogens with one attached hydrogen (secondary N) is 1. The Labute approximate surface area is 109 Å². The Morgan fingerprint density at radius 1 is 1.16 bits per heavy atom. The molecule has 98 valence electrons. The van der Waals surface area contributed by atoms with E-state index in [-0.39, 0.29) is 6.42 Å². The summed E-state index contributed by atoms with van der Waals surface area (Å²) >= 11 is 0. The van der Waals surface area contributed by atoms with Crippen molar-refractivity contribution in [1.82, 2.24) is 5.32 Å². The maximum absolute atomic E-state index is 11.9. The molecule has 1 heterocycles. The molecule has 19 heavy (non-hydrogen) atoms. The Hall–Kier alpha value is -2.56. The summed E-state index contributed by atoms with van der Waals surface area (Å²) in [5.74, 6) is -1.33. The Bertz CT molecular complexity index is 548. The zero-order valence-corrected chi connectivity index (χ0v) is 10.0. The molecule has 1 aromatic carbocycles. The van der Waals surface area contributed by atoms with E-state index in [1.165, 1.54) is 6.26 Å². The summed E-state index contributed by atoms with van der Waals surface area (Å²) in [6.45, 7) is 0. The topological polar surface area (TPSA) is 82.4 Å². The van der Waals surface area contributed by atoms with Crippen molar-refractivity contribution in [1.29, 1.82) is 0 Å². The smallest absolute Gasteiger partial charge is 0.251 e. The largest absolute Gasteiger partial charge is 0.548 e. The van der Waals surface area contributed by atoms with E-state index in [4.69, 9.17) is 4.42 Å². The zero-order chi connectivity index (χ0) is 13.7. The highest BCUT2D eigenvalue weighted by atomic mass is 16.4. The quantitative estimate of drug-likeness (QED) is 0.840. The van der Waals surface area contributed by atoms with Crippen molar-refractivity contribution in [3.05, 3.63) is 60.1 Å². The highest BCUT2D eigenvalue weighted by molar-refractivity contribution is 5.96. The molecule has 1 N–H and O–H groups in total. The molecule has 0 radical (unpaired) electrons. The van der Waals surface area contributed by atoms with Crippen molar-refractivity contribution in [2.45, 2.75) is 12.5 Å². The van der Waals surface area contributed by atoms with Gasteiger partial charge in [0.25, 0.3) is 5.91 Å². The lowest BCUT2D eigenvalue weighted by atomic mass is 10.1. The number of hydrogen-bond donors (Lipinski definition) is 1. The summed E-state index contributed by atoms with van der Waals surface area (Å²) < 4.78 is 5.06. The van der Waals surface area contributed by atoms with Crippen molar-refractivity contribution in [2.75, 3.05) is 0 Å². The van der Waals surface area contributed by atoms with Gasteiger partial charge in [-0.25, -0.2) is 0 Å². The van der Waals surface area contributed by atoms with Gasteiger partial charge < -0.3 is 19.6 Å². The van der Waals surface area contributed by atoms with Crippen molar-refractivity contribution in [2.24, 2.45) is 0 Å². The van der Waals surface area contributed by atoms with Gasteiger partial charge in [-0.2, -0.15) is 0 Å². The van der Waals surface area contributed by atoms with Gasteiger partial charge in [0.15, 0.2) is 0 Å². The van der Waals surface area contributed by atoms with E-state index in [1.54, 1.807) is 42.5 Å². The molecule has 0 aliphatic heterocycles. The summed E-state index contributed by atoms with van der Waals surface area (Å²) in [6, 6.07) is 10.6. The van der Waals surface area contributed by atoms with E-state index < -0.39 is 17.9 Å². The lowest BCUT2D eigenvalue weighted by Gasteiger charge is -2.18. The van der Waals surface area contributed by atoms with Crippen LogP contribution in [-0.2, 0) is 11.2 Å². The molecule has 0 bridgehead atoms. The molecule has 0 spiro atoms. The van der Waals surface area contributed by atoms with Gasteiger partial charge in [-0.15, -0.1) is 0 Å². The first-order chi connectivity index (χ1) is 9.16. The summed E-state index contributed by atoms with van der Waals surface area (Å²) in [6.07, 6.45) is 1.49. The summed E-state index contributed by atoms with van der Waals surface area (Å²) in [5.41, 5.74) is 0.396. The van der Waals surface area contributed by atoms with Crippen LogP contribution in [0.4, 0.5) is 0 Å². The van der Waals surface area contributed by atoms with Crippen LogP contribution in [0.15, 0.2) is 53.1 Å². The number of carbonyl (C=O) groups is 2. The van der Waals surface area contributed by atoms with Gasteiger partial charge in [0.2, 0.25) is 0 Å². The van der Waals surface area contributed by atoms with Gasteiger partial charge in [-0.05, 0) is 24.3 Å². The highest BCUT2D eigenvalue weighted by Crippen LogP contribution is 2.05. The van der Waals surface area contributed by atoms with Crippen LogP contribution >= 0.6 is 0 Å². The fourth-order valence-electron chi connectivity index (χ4n) is 1.65. The molecular weight excluding hydrogens is 246 g/mol. The molecule has 0 aliphatic carbocycles. The van der Waals surface area contributed by atoms with Gasteiger partial charge in [0, 0.05) is 12.0 Å². The fraction of sp³-hybridized carbons (Fsp3) is 0.143. The summed E-state index contributed by atoms with van der Waals surface area (Å²) in [5, 5.41) is 13.4. The predicted molar refractivity (Wildman–Crippen MR) is 65.1 cm³/mol. The first-order valence-electron chi connectivity index (χ1n) is 5.76. The first-order valence-corrected chi connectivity index (χ1v) is 5.76. The molecule has 1 unspecified atom stereocenters. The minimum absolute atomic E-state index is 0.0495. The number of carboxylic acid groups (broad SMARTS) is 1. The SMILES string of the molecule is O=C(NC(Cc1ccco1)C(=O)[O-])c1ccccc1. The van der Waals surface area contributed by atoms with Crippen LogP contribution in [-0.4, -0.2) is 17.9 Å². The number of carbonyl (C=O) groups excluding carboxylic acids is 2. The van der Waals surface area contributed by atoms with Crippen molar-refractivity contribution in [3.8, 4) is 0 Å². The minimum Gasteiger partial charge on any atom is -0.548 e. The zero-order valence-electron chi connectivity index (χ0n) is 10.0. The standard InChI is InChI=1S/C14H13NO4/c16-13(10-5-2-1-3-6-10)15-12(14(17)18)9-11-7-4-8-19-11/h1-8,12H,9H2,(H,15,16)(H,17,18)/p-1. The number of aliphatic carboxylic acids is 1. The predicted octanol–water partition coefficient (Wildman–Crippen LogP) is 0.371. The average molecular weight is 258 g/mol. The maximum Gasteiger partial charge on any atom is 0.251 e. The molecule has 5 nitrogen and oxygen atoms in total. The molecule has 1 atom stereocenters. The molecular formula is C14H12NO4-. The molecule has 1 aromatic heterocycles. The van der Waals surface area contributed by atoms with Crippen LogP contribution < -0.4 is 10.4 Å². The second kappa shape index (κ2) is 5.86. The third-order valence-corrected chi connectivity index (χ3v) is 2.61. The van der Waals surface area contributed by atoms with E-state index in [0.29, 0.717) is 11.3 Å². The summed E-state index contributed by atoms with van der Waals surface area (Å²) in [7, 11) is 0. The maximum atomic E-state index is 11.9. The number of rotatable bonds is 5. The number of hydrogen-bond acceptors (Lipinski definition) is 4. The van der Waals surface area contributed by atoms with Gasteiger partial charge >= 0.3 is 0 Å². The Balaban J connectivity index is 2.05. The Morgan fingerprint density at radius 2 is 1.89 bits per heavy atom. The van der Waals surface area contributed by atoms with Crippen LogP contribution in [0.2, 0.25) is 0 Å². The Morgan fingerprint density at radius 3 is 2.47 bits per heavy atom. The molecule has 0 aliphatic rings. The molecule has 2 aromatic rings. The molecule has 5 heteroatoms. The van der Waals surface area contributed by atoms with E-state index in [2.05, 4.69) is 5.32 Å². The lowest BCUT2D eigenvalue weighted by molar-refractivity contribution is -0.308. The minimum atomic E-state index is -1.35. The molecule has 0 fully saturated rings. The third kappa shape index (κ3) is 3.45. The van der Waals surface area contributed by atoms with E-state index in [1.807, 2.05) is 0 Å². The van der Waals surface area contributed by atoms with Gasteiger partial charge in [-0.3, -0.25) is 4.79 Å². The number of carboxylic acids is 1. The van der Waals surface area contributed by atoms with Crippen LogP contribution in [0, 0.1) is 0 Å². The molecule has 0 saturated carbocycles. The fourth-order valence-corrected chi connectivity index (χ4v) is 1.65. The second-order valence-corrected chi connectivity index (χ2v) is 3.99. The van der Waals surface area contributed by atoms with E-state index >= 15 is 0 Å². The Kier molecular flexibility index (Phi) is 3.97. The highest BCUT2D eigenvalue weighted by Gasteiger charge is 2.16. The molecule has 1 amide bonds. The monoisotopic (exact) mass is 258 g/mol. The molecule has 2 rings (SSSR count). The van der Waals surface area contributed by atoms with Gasteiger partial charge in [0.1, 0.15) is 5.76 Å². The van der Waals surface area contributed by atoms with Crippen molar-refractivity contribution >= 4 is 11.9 Å². The second-order valence-electron chi connectivity index (χ2n) is 3.99. The van der Waals surface area contributed by atoms with Crippen molar-refractivity contribution in [3.63, 3.8) is 0 Å². The first kappa shape index (κ1) is 12.9. The lowest BCUT2D eigenvalue weighted by Crippen LogP contribution is -2.49. The number of benzene rings is 1. The van der Waals surface area contributed by atoms with Gasteiger partial charge in [-0.1, -0.05) is 18.2 Å². The van der Waals surface area contributed by atoms with Crippen LogP contribution in [0.25, 0.3) is 0 Å². The van der Waals surface area contributed by atoms with Crippen LogP contribution in [0.1, 0.15) is 16.1 Å². The molecule has 0 saturated heterocycles. The van der Waals surface area contributed by atoms with E-state index in [9.17, 15) is 14.7 Å². The van der Waals surface area contributed by atoms with Crippen LogP contribution in [0.5, 0.6) is 0 Å². The van der Waals surface area contributed by atoms with Gasteiger partial charge in [0.05, 0.1) is 18.3 Å². The average Bonchev–Trinajstić information content (AvgIpc) is 2.91. The number of amides is 1. The van der Waals surface area contributed by atoms with E-state index in [0.717, 1.165) is 0 Å². The number of furan rings is 1. The normalized spacial score (nSPS) is 11.8. The summed E-state index contributed by atoms with van der Waals surface area (Å²) in [4.78, 5) is 22.9. The van der Waals surface area contributed by atoms with Crippen molar-refractivity contribution < 1.29 is 19.1 Å².